The topological polar surface area (TPSA) is 63.7 Å². The molecule has 1 aliphatic rings. The van der Waals surface area contributed by atoms with E-state index in [1.165, 1.54) is 0 Å². The maximum atomic E-state index is 12.2. The van der Waals surface area contributed by atoms with Crippen molar-refractivity contribution in [1.29, 1.82) is 0 Å². The minimum Gasteiger partial charge on any atom is -0.494 e. The average molecular weight is 383 g/mol. The number of aryl methyl sites for hydroxylation is 1. The van der Waals surface area contributed by atoms with Crippen molar-refractivity contribution in [2.45, 2.75) is 45.8 Å². The molecule has 1 saturated heterocycles. The summed E-state index contributed by atoms with van der Waals surface area (Å²) in [7, 11) is 0. The monoisotopic (exact) mass is 383 g/mol. The highest BCUT2D eigenvalue weighted by Gasteiger charge is 2.23. The number of benzene rings is 1. The molecule has 150 valence electrons. The zero-order chi connectivity index (χ0) is 19.9. The molecule has 6 nitrogen and oxygen atoms in total. The van der Waals surface area contributed by atoms with Crippen molar-refractivity contribution >= 4 is 17.4 Å². The Morgan fingerprint density at radius 1 is 1.18 bits per heavy atom. The summed E-state index contributed by atoms with van der Waals surface area (Å²) >= 11 is 0. The van der Waals surface area contributed by atoms with Gasteiger partial charge in [-0.15, -0.1) is 0 Å². The maximum Gasteiger partial charge on any atom is 0.224 e. The Balaban J connectivity index is 1.49. The lowest BCUT2D eigenvalue weighted by Crippen LogP contribution is -2.45. The molecule has 0 aliphatic carbocycles. The third-order valence-corrected chi connectivity index (χ3v) is 4.65. The fourth-order valence-corrected chi connectivity index (χ4v) is 3.41. The normalized spacial score (nSPS) is 19.3. The van der Waals surface area contributed by atoms with Crippen molar-refractivity contribution in [3.05, 3.63) is 48.2 Å². The number of aromatic nitrogens is 1. The summed E-state index contributed by atoms with van der Waals surface area (Å²) in [5, 5.41) is 2.92. The van der Waals surface area contributed by atoms with Crippen LogP contribution in [0, 0.1) is 0 Å². The molecule has 2 atom stereocenters. The van der Waals surface area contributed by atoms with Gasteiger partial charge in [-0.2, -0.15) is 0 Å². The molecule has 1 amide bonds. The second kappa shape index (κ2) is 9.55. The summed E-state index contributed by atoms with van der Waals surface area (Å²) in [5.41, 5.74) is 1.83. The molecule has 1 aromatic heterocycles. The molecular weight excluding hydrogens is 354 g/mol. The van der Waals surface area contributed by atoms with E-state index in [1.807, 2.05) is 43.3 Å². The van der Waals surface area contributed by atoms with Gasteiger partial charge in [0.25, 0.3) is 0 Å². The van der Waals surface area contributed by atoms with Crippen LogP contribution < -0.4 is 15.0 Å². The van der Waals surface area contributed by atoms with Crippen LogP contribution in [0.1, 0.15) is 32.8 Å². The van der Waals surface area contributed by atoms with Crippen LogP contribution in [0.2, 0.25) is 0 Å². The van der Waals surface area contributed by atoms with Gasteiger partial charge in [0.2, 0.25) is 5.91 Å². The van der Waals surface area contributed by atoms with Gasteiger partial charge >= 0.3 is 0 Å². The van der Waals surface area contributed by atoms with Crippen LogP contribution >= 0.6 is 0 Å². The number of rotatable bonds is 7. The number of nitrogens with one attached hydrogen (secondary N) is 1. The molecule has 1 fully saturated rings. The van der Waals surface area contributed by atoms with Gasteiger partial charge in [-0.1, -0.05) is 12.1 Å². The Labute approximate surface area is 166 Å². The number of carbonyl (C=O) groups is 1. The average Bonchev–Trinajstić information content (AvgIpc) is 2.67. The molecule has 0 saturated carbocycles. The number of morpholine rings is 1. The number of amides is 1. The highest BCUT2D eigenvalue weighted by molar-refractivity contribution is 5.90. The third kappa shape index (κ3) is 5.70. The Bertz CT molecular complexity index is 752. The third-order valence-electron chi connectivity index (χ3n) is 4.65. The molecule has 28 heavy (non-hydrogen) atoms. The smallest absolute Gasteiger partial charge is 0.224 e. The maximum absolute atomic E-state index is 12.2. The summed E-state index contributed by atoms with van der Waals surface area (Å²) in [6.07, 6.45) is 3.20. The lowest BCUT2D eigenvalue weighted by Gasteiger charge is -2.36. The number of ether oxygens (including phenoxy) is 2. The molecular formula is C22H29N3O3. The summed E-state index contributed by atoms with van der Waals surface area (Å²) in [5.74, 6) is 1.75. The van der Waals surface area contributed by atoms with E-state index in [4.69, 9.17) is 9.47 Å². The van der Waals surface area contributed by atoms with Crippen LogP contribution in [0.4, 0.5) is 11.5 Å². The minimum absolute atomic E-state index is 0.0166. The number of carbonyl (C=O) groups excluding carboxylic acids is 1. The van der Waals surface area contributed by atoms with E-state index >= 15 is 0 Å². The molecule has 1 aliphatic heterocycles. The van der Waals surface area contributed by atoms with Crippen molar-refractivity contribution in [3.8, 4) is 5.75 Å². The fourth-order valence-electron chi connectivity index (χ4n) is 3.41. The lowest BCUT2D eigenvalue weighted by atomic mass is 10.1. The fraction of sp³-hybridized carbons (Fsp3) is 0.455. The zero-order valence-electron chi connectivity index (χ0n) is 16.9. The predicted octanol–water partition coefficient (Wildman–Crippen LogP) is 3.67. The quantitative estimate of drug-likeness (QED) is 0.790. The number of hydrogen-bond donors (Lipinski definition) is 1. The summed E-state index contributed by atoms with van der Waals surface area (Å²) in [6.45, 7) is 8.40. The first-order valence-electron chi connectivity index (χ1n) is 9.91. The Kier molecular flexibility index (Phi) is 6.87. The van der Waals surface area contributed by atoms with Crippen LogP contribution in [-0.2, 0) is 16.0 Å². The van der Waals surface area contributed by atoms with Crippen molar-refractivity contribution in [2.24, 2.45) is 0 Å². The zero-order valence-corrected chi connectivity index (χ0v) is 16.9. The van der Waals surface area contributed by atoms with Crippen LogP contribution in [0.25, 0.3) is 0 Å². The number of hydrogen-bond acceptors (Lipinski definition) is 5. The molecule has 1 aromatic carbocycles. The van der Waals surface area contributed by atoms with E-state index in [2.05, 4.69) is 29.0 Å². The van der Waals surface area contributed by atoms with Gasteiger partial charge in [-0.25, -0.2) is 4.98 Å². The Morgan fingerprint density at radius 3 is 2.50 bits per heavy atom. The first kappa shape index (κ1) is 20.1. The molecule has 2 unspecified atom stereocenters. The van der Waals surface area contributed by atoms with Crippen LogP contribution in [0.3, 0.4) is 0 Å². The summed E-state index contributed by atoms with van der Waals surface area (Å²) < 4.78 is 11.2. The van der Waals surface area contributed by atoms with E-state index in [9.17, 15) is 4.79 Å². The van der Waals surface area contributed by atoms with Gasteiger partial charge in [-0.05, 0) is 57.0 Å². The Morgan fingerprint density at radius 2 is 1.89 bits per heavy atom. The van der Waals surface area contributed by atoms with Crippen LogP contribution in [-0.4, -0.2) is 42.8 Å². The highest BCUT2D eigenvalue weighted by atomic mass is 16.5. The molecule has 3 rings (SSSR count). The number of anilines is 2. The van der Waals surface area contributed by atoms with Gasteiger partial charge in [-0.3, -0.25) is 4.79 Å². The van der Waals surface area contributed by atoms with Gasteiger partial charge in [0, 0.05) is 19.5 Å². The first-order chi connectivity index (χ1) is 13.5. The van der Waals surface area contributed by atoms with Crippen molar-refractivity contribution in [1.82, 2.24) is 4.98 Å². The number of pyridine rings is 1. The second-order valence-corrected chi connectivity index (χ2v) is 7.19. The van der Waals surface area contributed by atoms with Crippen LogP contribution in [0.15, 0.2) is 42.6 Å². The second-order valence-electron chi connectivity index (χ2n) is 7.19. The largest absolute Gasteiger partial charge is 0.494 e. The van der Waals surface area contributed by atoms with Gasteiger partial charge in [0.15, 0.2) is 0 Å². The van der Waals surface area contributed by atoms with E-state index in [1.54, 1.807) is 6.20 Å². The van der Waals surface area contributed by atoms with E-state index in [0.717, 1.165) is 35.9 Å². The van der Waals surface area contributed by atoms with Crippen molar-refractivity contribution < 1.29 is 14.3 Å². The molecule has 0 spiro atoms. The van der Waals surface area contributed by atoms with E-state index in [0.29, 0.717) is 19.4 Å². The highest BCUT2D eigenvalue weighted by Crippen LogP contribution is 2.20. The van der Waals surface area contributed by atoms with E-state index < -0.39 is 0 Å². The van der Waals surface area contributed by atoms with Crippen molar-refractivity contribution in [3.63, 3.8) is 0 Å². The summed E-state index contributed by atoms with van der Waals surface area (Å²) in [6, 6.07) is 11.7. The predicted molar refractivity (Wildman–Crippen MR) is 111 cm³/mol. The van der Waals surface area contributed by atoms with Gasteiger partial charge in [0.1, 0.15) is 11.6 Å². The SMILES string of the molecule is CCOc1ccc(CCC(=O)Nc2ccc(N3CC(C)OC(C)C3)nc2)cc1. The van der Waals surface area contributed by atoms with E-state index in [-0.39, 0.29) is 18.1 Å². The van der Waals surface area contributed by atoms with Crippen molar-refractivity contribution in [2.75, 3.05) is 29.9 Å². The Hall–Kier alpha value is -2.60. The summed E-state index contributed by atoms with van der Waals surface area (Å²) in [4.78, 5) is 19.0. The minimum atomic E-state index is -0.0166. The standard InChI is InChI=1S/C22H29N3O3/c1-4-27-20-9-5-18(6-10-20)7-12-22(26)24-19-8-11-21(23-13-19)25-14-16(2)28-17(3)15-25/h5-6,8-11,13,16-17H,4,7,12,14-15H2,1-3H3,(H,24,26). The molecule has 1 N–H and O–H groups in total. The molecule has 2 heterocycles. The van der Waals surface area contributed by atoms with Crippen LogP contribution in [0.5, 0.6) is 5.75 Å². The molecule has 0 bridgehead atoms. The molecule has 2 aromatic rings. The molecule has 6 heteroatoms. The lowest BCUT2D eigenvalue weighted by molar-refractivity contribution is -0.116. The molecule has 0 radical (unpaired) electrons. The first-order valence-corrected chi connectivity index (χ1v) is 9.91. The number of nitrogens with zero attached hydrogens (tertiary/aromatic N) is 2. The van der Waals surface area contributed by atoms with Gasteiger partial charge < -0.3 is 19.7 Å². The van der Waals surface area contributed by atoms with Gasteiger partial charge in [0.05, 0.1) is 30.7 Å².